The summed E-state index contributed by atoms with van der Waals surface area (Å²) in [7, 11) is -3.63. The van der Waals surface area contributed by atoms with Crippen molar-refractivity contribution in [2.24, 2.45) is 0 Å². The van der Waals surface area contributed by atoms with E-state index in [4.69, 9.17) is 11.6 Å². The number of nitrogens with zero attached hydrogens (tertiary/aromatic N) is 1. The molecule has 6 nitrogen and oxygen atoms in total. The SMILES string of the molecule is O=C1NC2(CCc3ccccc3C2)C(=O)N1CCS(=O)(=O)c1ccc(Cl)cc1. The van der Waals surface area contributed by atoms with Gasteiger partial charge in [0.1, 0.15) is 5.54 Å². The molecule has 146 valence electrons. The summed E-state index contributed by atoms with van der Waals surface area (Å²) in [6.07, 6.45) is 1.63. The molecule has 2 aliphatic rings. The molecule has 0 saturated carbocycles. The van der Waals surface area contributed by atoms with Gasteiger partial charge in [-0.3, -0.25) is 9.69 Å². The van der Waals surface area contributed by atoms with Gasteiger partial charge in [0.25, 0.3) is 5.91 Å². The Hall–Kier alpha value is -2.38. The third-order valence-corrected chi connectivity index (χ3v) is 7.40. The number of fused-ring (bicyclic) bond motifs is 1. The zero-order valence-electron chi connectivity index (χ0n) is 15.0. The lowest BCUT2D eigenvalue weighted by atomic mass is 9.78. The smallest absolute Gasteiger partial charge is 0.323 e. The largest absolute Gasteiger partial charge is 0.325 e. The molecule has 1 saturated heterocycles. The van der Waals surface area contributed by atoms with Gasteiger partial charge in [0.05, 0.1) is 10.6 Å². The maximum atomic E-state index is 13.0. The van der Waals surface area contributed by atoms with Crippen molar-refractivity contribution in [2.45, 2.75) is 29.7 Å². The highest BCUT2D eigenvalue weighted by Gasteiger charge is 2.52. The van der Waals surface area contributed by atoms with E-state index in [1.165, 1.54) is 29.8 Å². The number of amides is 3. The third kappa shape index (κ3) is 3.29. The van der Waals surface area contributed by atoms with Gasteiger partial charge in [0.2, 0.25) is 0 Å². The molecule has 2 aromatic rings. The van der Waals surface area contributed by atoms with Crippen molar-refractivity contribution >= 4 is 33.4 Å². The monoisotopic (exact) mass is 418 g/mol. The number of halogens is 1. The predicted octanol–water partition coefficient (Wildman–Crippen LogP) is 2.59. The highest BCUT2D eigenvalue weighted by molar-refractivity contribution is 7.91. The number of rotatable bonds is 4. The average molecular weight is 419 g/mol. The van der Waals surface area contributed by atoms with Gasteiger partial charge in [-0.25, -0.2) is 13.2 Å². The first kappa shape index (κ1) is 19.0. The van der Waals surface area contributed by atoms with Crippen LogP contribution in [0.15, 0.2) is 53.4 Å². The number of imide groups is 1. The van der Waals surface area contributed by atoms with Crippen molar-refractivity contribution in [2.75, 3.05) is 12.3 Å². The molecular weight excluding hydrogens is 400 g/mol. The Morgan fingerprint density at radius 3 is 2.43 bits per heavy atom. The van der Waals surface area contributed by atoms with Crippen molar-refractivity contribution in [3.8, 4) is 0 Å². The van der Waals surface area contributed by atoms with Crippen LogP contribution in [0, 0.1) is 0 Å². The second-order valence-corrected chi connectivity index (χ2v) is 9.73. The minimum atomic E-state index is -3.63. The zero-order chi connectivity index (χ0) is 19.9. The summed E-state index contributed by atoms with van der Waals surface area (Å²) in [5, 5.41) is 3.26. The molecule has 1 aliphatic carbocycles. The van der Waals surface area contributed by atoms with Gasteiger partial charge in [-0.05, 0) is 48.2 Å². The first-order valence-electron chi connectivity index (χ1n) is 9.00. The second kappa shape index (κ2) is 6.90. The lowest BCUT2D eigenvalue weighted by Gasteiger charge is -2.32. The van der Waals surface area contributed by atoms with Crippen LogP contribution >= 0.6 is 11.6 Å². The van der Waals surface area contributed by atoms with Crippen LogP contribution in [0.25, 0.3) is 0 Å². The summed E-state index contributed by atoms with van der Waals surface area (Å²) < 4.78 is 25.1. The first-order chi connectivity index (χ1) is 13.3. The molecular formula is C20H19ClN2O4S. The van der Waals surface area contributed by atoms with Crippen molar-refractivity contribution in [1.82, 2.24) is 10.2 Å². The minimum Gasteiger partial charge on any atom is -0.323 e. The number of urea groups is 1. The summed E-state index contributed by atoms with van der Waals surface area (Å²) in [5.74, 6) is -0.682. The molecule has 1 heterocycles. The maximum absolute atomic E-state index is 13.0. The summed E-state index contributed by atoms with van der Waals surface area (Å²) in [6.45, 7) is -0.182. The van der Waals surface area contributed by atoms with Crippen LogP contribution in [0.1, 0.15) is 17.5 Å². The number of aryl methyl sites for hydroxylation is 1. The van der Waals surface area contributed by atoms with Gasteiger partial charge in [0.15, 0.2) is 9.84 Å². The van der Waals surface area contributed by atoms with Gasteiger partial charge in [0, 0.05) is 18.0 Å². The Balaban J connectivity index is 1.50. The standard InChI is InChI=1S/C20H19ClN2O4S/c21-16-5-7-17(8-6-16)28(26,27)12-11-23-18(24)20(22-19(23)25)10-9-14-3-1-2-4-15(14)13-20/h1-8H,9-13H2,(H,22,25). The van der Waals surface area contributed by atoms with Crippen molar-refractivity contribution < 1.29 is 18.0 Å². The fourth-order valence-electron chi connectivity index (χ4n) is 3.88. The summed E-state index contributed by atoms with van der Waals surface area (Å²) in [4.78, 5) is 26.6. The van der Waals surface area contributed by atoms with Crippen molar-refractivity contribution in [3.63, 3.8) is 0 Å². The molecule has 1 fully saturated rings. The van der Waals surface area contributed by atoms with E-state index in [2.05, 4.69) is 5.32 Å². The van der Waals surface area contributed by atoms with E-state index in [0.717, 1.165) is 10.5 Å². The Morgan fingerprint density at radius 1 is 1.04 bits per heavy atom. The quantitative estimate of drug-likeness (QED) is 0.773. The Kier molecular flexibility index (Phi) is 4.67. The fourth-order valence-corrected chi connectivity index (χ4v) is 5.21. The molecule has 28 heavy (non-hydrogen) atoms. The van der Waals surface area contributed by atoms with E-state index in [9.17, 15) is 18.0 Å². The third-order valence-electron chi connectivity index (χ3n) is 5.43. The number of carbonyl (C=O) groups excluding carboxylic acids is 2. The van der Waals surface area contributed by atoms with Crippen LogP contribution in [0.5, 0.6) is 0 Å². The lowest BCUT2D eigenvalue weighted by molar-refractivity contribution is -0.131. The van der Waals surface area contributed by atoms with E-state index in [1.807, 2.05) is 24.3 Å². The van der Waals surface area contributed by atoms with Gasteiger partial charge >= 0.3 is 6.03 Å². The highest BCUT2D eigenvalue weighted by Crippen LogP contribution is 2.33. The number of hydrogen-bond acceptors (Lipinski definition) is 4. The zero-order valence-corrected chi connectivity index (χ0v) is 16.6. The Labute approximate surface area is 168 Å². The van der Waals surface area contributed by atoms with Crippen LogP contribution in [-0.4, -0.2) is 43.1 Å². The van der Waals surface area contributed by atoms with Gasteiger partial charge in [-0.1, -0.05) is 35.9 Å². The molecule has 1 spiro atoms. The molecule has 1 atom stereocenters. The van der Waals surface area contributed by atoms with E-state index in [0.29, 0.717) is 24.3 Å². The van der Waals surface area contributed by atoms with Crippen molar-refractivity contribution in [1.29, 1.82) is 0 Å². The molecule has 8 heteroatoms. The normalized spacial score (nSPS) is 21.7. The average Bonchev–Trinajstić information content (AvgIpc) is 2.90. The predicted molar refractivity (Wildman–Crippen MR) is 105 cm³/mol. The molecule has 1 unspecified atom stereocenters. The fraction of sp³-hybridized carbons (Fsp3) is 0.300. The molecule has 3 amide bonds. The van der Waals surface area contributed by atoms with Crippen LogP contribution in [0.2, 0.25) is 5.02 Å². The van der Waals surface area contributed by atoms with Gasteiger partial charge in [-0.2, -0.15) is 0 Å². The van der Waals surface area contributed by atoms with E-state index >= 15 is 0 Å². The van der Waals surface area contributed by atoms with Crippen LogP contribution in [-0.2, 0) is 27.5 Å². The topological polar surface area (TPSA) is 83.6 Å². The number of carbonyl (C=O) groups is 2. The van der Waals surface area contributed by atoms with Crippen LogP contribution in [0.4, 0.5) is 4.79 Å². The molecule has 1 N–H and O–H groups in total. The van der Waals surface area contributed by atoms with E-state index in [1.54, 1.807) is 0 Å². The highest BCUT2D eigenvalue weighted by atomic mass is 35.5. The minimum absolute atomic E-state index is 0.116. The summed E-state index contributed by atoms with van der Waals surface area (Å²) >= 11 is 5.80. The van der Waals surface area contributed by atoms with Gasteiger partial charge < -0.3 is 5.32 Å². The molecule has 4 rings (SSSR count). The number of nitrogens with one attached hydrogen (secondary N) is 1. The first-order valence-corrected chi connectivity index (χ1v) is 11.0. The Bertz CT molecular complexity index is 1050. The number of hydrogen-bond donors (Lipinski definition) is 1. The molecule has 0 aromatic heterocycles. The number of benzene rings is 2. The van der Waals surface area contributed by atoms with Crippen molar-refractivity contribution in [3.05, 3.63) is 64.7 Å². The number of sulfone groups is 1. The molecule has 0 bridgehead atoms. The Morgan fingerprint density at radius 2 is 1.71 bits per heavy atom. The van der Waals surface area contributed by atoms with Crippen LogP contribution < -0.4 is 5.32 Å². The van der Waals surface area contributed by atoms with E-state index < -0.39 is 21.4 Å². The lowest BCUT2D eigenvalue weighted by Crippen LogP contribution is -2.51. The molecule has 0 radical (unpaired) electrons. The maximum Gasteiger partial charge on any atom is 0.325 e. The summed E-state index contributed by atoms with van der Waals surface area (Å²) in [6, 6.07) is 13.2. The van der Waals surface area contributed by atoms with Crippen LogP contribution in [0.3, 0.4) is 0 Å². The summed E-state index contributed by atoms with van der Waals surface area (Å²) in [5.41, 5.74) is 1.24. The second-order valence-electron chi connectivity index (χ2n) is 7.19. The molecule has 1 aliphatic heterocycles. The molecule has 2 aromatic carbocycles. The van der Waals surface area contributed by atoms with E-state index in [-0.39, 0.29) is 23.1 Å². The van der Waals surface area contributed by atoms with Gasteiger partial charge in [-0.15, -0.1) is 0 Å².